The van der Waals surface area contributed by atoms with E-state index in [9.17, 15) is 21.6 Å². The summed E-state index contributed by atoms with van der Waals surface area (Å²) in [5.41, 5.74) is 1.55. The van der Waals surface area contributed by atoms with Crippen molar-refractivity contribution < 1.29 is 26.4 Å². The van der Waals surface area contributed by atoms with Gasteiger partial charge in [0.25, 0.3) is 15.9 Å². The molecule has 32 heavy (non-hydrogen) atoms. The molecule has 0 aliphatic rings. The third-order valence-electron chi connectivity index (χ3n) is 4.39. The van der Waals surface area contributed by atoms with E-state index in [2.05, 4.69) is 10.0 Å². The Morgan fingerprint density at radius 3 is 2.12 bits per heavy atom. The molecule has 1 amide bonds. The van der Waals surface area contributed by atoms with Crippen molar-refractivity contribution in [3.05, 3.63) is 83.9 Å². The normalized spacial score (nSPS) is 11.6. The lowest BCUT2D eigenvalue weighted by molar-refractivity contribution is 0.102. The van der Waals surface area contributed by atoms with Crippen LogP contribution in [0.25, 0.3) is 0 Å². The van der Waals surface area contributed by atoms with Crippen molar-refractivity contribution in [3.8, 4) is 5.75 Å². The van der Waals surface area contributed by atoms with E-state index < -0.39 is 25.8 Å². The number of nitrogens with one attached hydrogen (secondary N) is 2. The number of carbonyl (C=O) groups is 1. The first-order valence-electron chi connectivity index (χ1n) is 9.41. The second-order valence-electron chi connectivity index (χ2n) is 7.08. The molecule has 0 spiro atoms. The number of hydrogen-bond donors (Lipinski definition) is 2. The molecule has 3 rings (SSSR count). The average molecular weight is 475 g/mol. The van der Waals surface area contributed by atoms with E-state index in [1.54, 1.807) is 42.5 Å². The van der Waals surface area contributed by atoms with E-state index >= 15 is 0 Å². The van der Waals surface area contributed by atoms with E-state index in [1.807, 2.05) is 0 Å². The fraction of sp³-hybridized carbons (Fsp3) is 0.136. The largest absolute Gasteiger partial charge is 0.497 e. The molecule has 0 aliphatic heterocycles. The minimum Gasteiger partial charge on any atom is -0.497 e. The van der Waals surface area contributed by atoms with Crippen LogP contribution in [0.4, 0.5) is 11.4 Å². The van der Waals surface area contributed by atoms with E-state index in [1.165, 1.54) is 37.4 Å². The molecule has 2 N–H and O–H groups in total. The maximum absolute atomic E-state index is 12.7. The van der Waals surface area contributed by atoms with Crippen LogP contribution in [0.3, 0.4) is 0 Å². The summed E-state index contributed by atoms with van der Waals surface area (Å²) in [6, 6.07) is 18.4. The quantitative estimate of drug-likeness (QED) is 0.517. The van der Waals surface area contributed by atoms with Crippen molar-refractivity contribution in [1.29, 1.82) is 0 Å². The highest BCUT2D eigenvalue weighted by atomic mass is 32.2. The Hall–Kier alpha value is -3.37. The maximum Gasteiger partial charge on any atom is 0.261 e. The summed E-state index contributed by atoms with van der Waals surface area (Å²) in [6.45, 7) is 0. The first-order valence-corrected chi connectivity index (χ1v) is 12.9. The summed E-state index contributed by atoms with van der Waals surface area (Å²) in [7, 11) is -5.53. The smallest absolute Gasteiger partial charge is 0.261 e. The summed E-state index contributed by atoms with van der Waals surface area (Å²) in [5.74, 6) is 0.0336. The Labute approximate surface area is 187 Å². The van der Waals surface area contributed by atoms with Crippen LogP contribution in [0.2, 0.25) is 0 Å². The van der Waals surface area contributed by atoms with Crippen LogP contribution < -0.4 is 14.8 Å². The summed E-state index contributed by atoms with van der Waals surface area (Å²) in [4.78, 5) is 12.5. The minimum atomic E-state index is -3.88. The molecule has 3 aromatic carbocycles. The molecule has 0 fully saturated rings. The van der Waals surface area contributed by atoms with E-state index in [4.69, 9.17) is 4.74 Å². The highest BCUT2D eigenvalue weighted by molar-refractivity contribution is 7.92. The van der Waals surface area contributed by atoms with Crippen molar-refractivity contribution in [2.45, 2.75) is 10.6 Å². The number of ether oxygens (including phenoxy) is 1. The van der Waals surface area contributed by atoms with E-state index in [0.717, 1.165) is 6.26 Å². The second kappa shape index (κ2) is 9.41. The second-order valence-corrected chi connectivity index (χ2v) is 10.9. The monoisotopic (exact) mass is 474 g/mol. The summed E-state index contributed by atoms with van der Waals surface area (Å²) in [5, 5.41) is 2.65. The SMILES string of the molecule is COc1ccc(NS(=O)(=O)c2cccc(NC(=O)c3ccc(CS(C)(=O)=O)cc3)c2)cc1. The molecule has 8 nitrogen and oxygen atoms in total. The van der Waals surface area contributed by atoms with Gasteiger partial charge in [0.1, 0.15) is 5.75 Å². The third kappa shape index (κ3) is 6.32. The predicted molar refractivity (Wildman–Crippen MR) is 123 cm³/mol. The van der Waals surface area contributed by atoms with Crippen LogP contribution in [0.15, 0.2) is 77.7 Å². The zero-order valence-corrected chi connectivity index (χ0v) is 19.0. The summed E-state index contributed by atoms with van der Waals surface area (Å²) >= 11 is 0. The van der Waals surface area contributed by atoms with E-state index in [0.29, 0.717) is 28.3 Å². The van der Waals surface area contributed by atoms with Gasteiger partial charge < -0.3 is 10.1 Å². The van der Waals surface area contributed by atoms with Gasteiger partial charge >= 0.3 is 0 Å². The molecule has 0 aromatic heterocycles. The number of sulfone groups is 1. The molecule has 0 saturated carbocycles. The molecule has 0 saturated heterocycles. The number of carbonyl (C=O) groups excluding carboxylic acids is 1. The van der Waals surface area contributed by atoms with Crippen LogP contribution in [0, 0.1) is 0 Å². The Balaban J connectivity index is 1.73. The topological polar surface area (TPSA) is 119 Å². The molecular formula is C22H22N2O6S2. The third-order valence-corrected chi connectivity index (χ3v) is 6.63. The molecule has 0 heterocycles. The van der Waals surface area contributed by atoms with Gasteiger partial charge in [0.15, 0.2) is 9.84 Å². The Kier molecular flexibility index (Phi) is 6.85. The number of hydrogen-bond acceptors (Lipinski definition) is 6. The molecule has 3 aromatic rings. The molecule has 0 bridgehead atoms. The van der Waals surface area contributed by atoms with Crippen molar-refractivity contribution in [3.63, 3.8) is 0 Å². The number of benzene rings is 3. The van der Waals surface area contributed by atoms with Gasteiger partial charge in [0, 0.05) is 23.2 Å². The number of methoxy groups -OCH3 is 1. The Bertz CT molecular complexity index is 1320. The van der Waals surface area contributed by atoms with E-state index in [-0.39, 0.29) is 10.6 Å². The first kappa shape index (κ1) is 23.3. The Morgan fingerprint density at radius 2 is 1.53 bits per heavy atom. The van der Waals surface area contributed by atoms with Crippen LogP contribution >= 0.6 is 0 Å². The zero-order valence-electron chi connectivity index (χ0n) is 17.4. The van der Waals surface area contributed by atoms with Gasteiger partial charge in [0.05, 0.1) is 17.8 Å². The average Bonchev–Trinajstić information content (AvgIpc) is 2.73. The lowest BCUT2D eigenvalue weighted by atomic mass is 10.1. The fourth-order valence-electron chi connectivity index (χ4n) is 2.87. The van der Waals surface area contributed by atoms with Crippen LogP contribution in [-0.4, -0.2) is 36.1 Å². The van der Waals surface area contributed by atoms with Gasteiger partial charge in [-0.2, -0.15) is 0 Å². The Morgan fingerprint density at radius 1 is 0.875 bits per heavy atom. The molecule has 0 unspecified atom stereocenters. The van der Waals surface area contributed by atoms with Gasteiger partial charge in [-0.3, -0.25) is 9.52 Å². The standard InChI is InChI=1S/C22H22N2O6S2/c1-30-20-12-10-18(11-13-20)24-32(28,29)21-5-3-4-19(14-21)23-22(25)17-8-6-16(7-9-17)15-31(2,26)27/h3-14,24H,15H2,1-2H3,(H,23,25). The predicted octanol–water partition coefficient (Wildman–Crippen LogP) is 3.29. The minimum absolute atomic E-state index is 0.0189. The summed E-state index contributed by atoms with van der Waals surface area (Å²) in [6.07, 6.45) is 1.14. The highest BCUT2D eigenvalue weighted by Gasteiger charge is 2.16. The molecule has 0 atom stereocenters. The lowest BCUT2D eigenvalue weighted by Gasteiger charge is -2.11. The molecule has 10 heteroatoms. The van der Waals surface area contributed by atoms with Crippen LogP contribution in [0.1, 0.15) is 15.9 Å². The number of amides is 1. The molecule has 0 aliphatic carbocycles. The van der Waals surface area contributed by atoms with Gasteiger partial charge in [-0.15, -0.1) is 0 Å². The lowest BCUT2D eigenvalue weighted by Crippen LogP contribution is -2.15. The number of anilines is 2. The van der Waals surface area contributed by atoms with Gasteiger partial charge in [-0.25, -0.2) is 16.8 Å². The molecule has 0 radical (unpaired) electrons. The molecule has 168 valence electrons. The summed E-state index contributed by atoms with van der Waals surface area (Å²) < 4.78 is 55.7. The maximum atomic E-state index is 12.7. The fourth-order valence-corrected chi connectivity index (χ4v) is 4.77. The van der Waals surface area contributed by atoms with Crippen LogP contribution in [0.5, 0.6) is 5.75 Å². The number of sulfonamides is 1. The van der Waals surface area contributed by atoms with Crippen molar-refractivity contribution in [1.82, 2.24) is 0 Å². The van der Waals surface area contributed by atoms with Crippen molar-refractivity contribution >= 4 is 37.1 Å². The van der Waals surface area contributed by atoms with Crippen molar-refractivity contribution in [2.24, 2.45) is 0 Å². The number of rotatable bonds is 8. The van der Waals surface area contributed by atoms with Gasteiger partial charge in [-0.1, -0.05) is 18.2 Å². The molecular weight excluding hydrogens is 452 g/mol. The van der Waals surface area contributed by atoms with Gasteiger partial charge in [-0.05, 0) is 60.2 Å². The zero-order chi connectivity index (χ0) is 23.4. The highest BCUT2D eigenvalue weighted by Crippen LogP contribution is 2.21. The van der Waals surface area contributed by atoms with Crippen LogP contribution in [-0.2, 0) is 25.6 Å². The van der Waals surface area contributed by atoms with Crippen molar-refractivity contribution in [2.75, 3.05) is 23.4 Å². The van der Waals surface area contributed by atoms with Gasteiger partial charge in [0.2, 0.25) is 0 Å². The first-order chi connectivity index (χ1) is 15.1.